The number of nitrogens with zero attached hydrogens (tertiary/aromatic N) is 1. The third kappa shape index (κ3) is 3.33. The first-order valence-corrected chi connectivity index (χ1v) is 7.57. The minimum atomic E-state index is -0.642. The van der Waals surface area contributed by atoms with Crippen molar-refractivity contribution in [3.05, 3.63) is 54.9 Å². The highest BCUT2D eigenvalue weighted by Crippen LogP contribution is 2.33. The molecule has 0 radical (unpaired) electrons. The molecule has 3 N–H and O–H groups in total. The molecule has 0 fully saturated rings. The normalized spacial score (nSPS) is 10.4. The lowest BCUT2D eigenvalue weighted by molar-refractivity contribution is -0.384. The number of nitrogens with one attached hydrogen (secondary N) is 1. The molecule has 1 aromatic heterocycles. The van der Waals surface area contributed by atoms with Gasteiger partial charge < -0.3 is 11.1 Å². The highest BCUT2D eigenvalue weighted by molar-refractivity contribution is 7.16. The van der Waals surface area contributed by atoms with E-state index >= 15 is 0 Å². The van der Waals surface area contributed by atoms with Crippen molar-refractivity contribution in [3.8, 4) is 0 Å². The number of benzene rings is 1. The Kier molecular flexibility index (Phi) is 4.67. The van der Waals surface area contributed by atoms with Gasteiger partial charge in [0.05, 0.1) is 21.1 Å². The van der Waals surface area contributed by atoms with E-state index < -0.39 is 16.7 Å². The number of carbonyl (C=O) groups excluding carboxylic acids is 2. The third-order valence-electron chi connectivity index (χ3n) is 3.27. The number of anilines is 1. The number of nitro benzene ring substituents is 1. The molecule has 0 aliphatic rings. The second kappa shape index (κ2) is 6.35. The minimum Gasteiger partial charge on any atom is -0.365 e. The van der Waals surface area contributed by atoms with E-state index in [0.29, 0.717) is 10.6 Å². The van der Waals surface area contributed by atoms with Gasteiger partial charge in [0.15, 0.2) is 0 Å². The van der Waals surface area contributed by atoms with E-state index in [9.17, 15) is 19.7 Å². The molecule has 0 saturated heterocycles. The second-order valence-corrected chi connectivity index (χ2v) is 6.36. The molecule has 1 heterocycles. The fourth-order valence-electron chi connectivity index (χ4n) is 1.98. The molecule has 0 saturated carbocycles. The van der Waals surface area contributed by atoms with Crippen molar-refractivity contribution in [3.63, 3.8) is 0 Å². The molecule has 2 aromatic rings. The summed E-state index contributed by atoms with van der Waals surface area (Å²) < 4.78 is 0. The number of carbonyl (C=O) groups is 2. The van der Waals surface area contributed by atoms with Crippen molar-refractivity contribution < 1.29 is 14.5 Å². The molecule has 23 heavy (non-hydrogen) atoms. The molecule has 0 aliphatic heterocycles. The van der Waals surface area contributed by atoms with Gasteiger partial charge in [0.2, 0.25) is 0 Å². The fourth-order valence-corrected chi connectivity index (χ4v) is 3.31. The molecule has 0 spiro atoms. The van der Waals surface area contributed by atoms with E-state index in [4.69, 9.17) is 17.3 Å². The number of hydrogen-bond donors (Lipinski definition) is 2. The Morgan fingerprint density at radius 3 is 2.52 bits per heavy atom. The van der Waals surface area contributed by atoms with Crippen LogP contribution in [-0.4, -0.2) is 16.7 Å². The molecule has 2 rings (SSSR count). The van der Waals surface area contributed by atoms with E-state index in [2.05, 4.69) is 5.32 Å². The standard InChI is InChI=1S/C14H12ClN3O4S/c1-6-7(2)23-14(11(6)12(16)19)17-13(20)9-4-3-8(18(21)22)5-10(9)15/h3-5H,1-2H3,(H2,16,19)(H,17,20). The Hall–Kier alpha value is -2.45. The van der Waals surface area contributed by atoms with Crippen molar-refractivity contribution in [1.82, 2.24) is 0 Å². The highest BCUT2D eigenvalue weighted by atomic mass is 35.5. The summed E-state index contributed by atoms with van der Waals surface area (Å²) in [7, 11) is 0. The first kappa shape index (κ1) is 16.9. The van der Waals surface area contributed by atoms with Gasteiger partial charge in [-0.3, -0.25) is 19.7 Å². The van der Waals surface area contributed by atoms with Gasteiger partial charge in [-0.1, -0.05) is 11.6 Å². The predicted octanol–water partition coefficient (Wildman–Crippen LogP) is 3.28. The van der Waals surface area contributed by atoms with Crippen molar-refractivity contribution >= 4 is 45.4 Å². The van der Waals surface area contributed by atoms with Crippen LogP contribution < -0.4 is 11.1 Å². The van der Waals surface area contributed by atoms with Gasteiger partial charge >= 0.3 is 0 Å². The quantitative estimate of drug-likeness (QED) is 0.648. The van der Waals surface area contributed by atoms with Gasteiger partial charge in [-0.05, 0) is 25.5 Å². The number of non-ortho nitro benzene ring substituents is 1. The number of halogens is 1. The number of nitro groups is 1. The monoisotopic (exact) mass is 353 g/mol. The van der Waals surface area contributed by atoms with Crippen molar-refractivity contribution in [2.75, 3.05) is 5.32 Å². The molecule has 1 aromatic carbocycles. The van der Waals surface area contributed by atoms with Crippen LogP contribution in [0.3, 0.4) is 0 Å². The molecule has 9 heteroatoms. The Morgan fingerprint density at radius 2 is 2.00 bits per heavy atom. The second-order valence-electron chi connectivity index (χ2n) is 4.73. The zero-order chi connectivity index (χ0) is 17.3. The number of aryl methyl sites for hydroxylation is 1. The average Bonchev–Trinajstić information content (AvgIpc) is 2.73. The topological polar surface area (TPSA) is 115 Å². The Balaban J connectivity index is 2.35. The molecule has 7 nitrogen and oxygen atoms in total. The summed E-state index contributed by atoms with van der Waals surface area (Å²) in [5.74, 6) is -1.22. The van der Waals surface area contributed by atoms with Crippen molar-refractivity contribution in [2.24, 2.45) is 5.73 Å². The third-order valence-corrected chi connectivity index (χ3v) is 4.70. The van der Waals surface area contributed by atoms with Gasteiger partial charge in [-0.15, -0.1) is 11.3 Å². The maximum atomic E-state index is 12.3. The SMILES string of the molecule is Cc1sc(NC(=O)c2ccc([N+](=O)[O-])cc2Cl)c(C(N)=O)c1C. The number of rotatable bonds is 4. The number of hydrogen-bond acceptors (Lipinski definition) is 5. The van der Waals surface area contributed by atoms with Gasteiger partial charge in [-0.2, -0.15) is 0 Å². The van der Waals surface area contributed by atoms with Crippen LogP contribution in [0.1, 0.15) is 31.2 Å². The fraction of sp³-hybridized carbons (Fsp3) is 0.143. The van der Waals surface area contributed by atoms with Gasteiger partial charge in [0.25, 0.3) is 17.5 Å². The zero-order valence-corrected chi connectivity index (χ0v) is 13.7. The Bertz CT molecular complexity index is 832. The number of primary amides is 1. The highest BCUT2D eigenvalue weighted by Gasteiger charge is 2.21. The zero-order valence-electron chi connectivity index (χ0n) is 12.2. The largest absolute Gasteiger partial charge is 0.365 e. The van der Waals surface area contributed by atoms with Gasteiger partial charge in [0, 0.05) is 17.0 Å². The number of thiophene rings is 1. The molecule has 0 atom stereocenters. The summed E-state index contributed by atoms with van der Waals surface area (Å²) in [6, 6.07) is 3.53. The Morgan fingerprint density at radius 1 is 1.35 bits per heavy atom. The number of amides is 2. The van der Waals surface area contributed by atoms with Crippen LogP contribution in [-0.2, 0) is 0 Å². The van der Waals surface area contributed by atoms with E-state index in [0.717, 1.165) is 10.9 Å². The lowest BCUT2D eigenvalue weighted by Crippen LogP contribution is -2.17. The van der Waals surface area contributed by atoms with E-state index in [1.54, 1.807) is 13.8 Å². The lowest BCUT2D eigenvalue weighted by Gasteiger charge is -2.06. The maximum absolute atomic E-state index is 12.3. The minimum absolute atomic E-state index is 0.0534. The van der Waals surface area contributed by atoms with Crippen LogP contribution >= 0.6 is 22.9 Å². The first-order valence-electron chi connectivity index (χ1n) is 6.37. The van der Waals surface area contributed by atoms with Crippen LogP contribution in [0.4, 0.5) is 10.7 Å². The summed E-state index contributed by atoms with van der Waals surface area (Å²) in [5, 5.41) is 13.5. The Labute approximate surface area is 140 Å². The van der Waals surface area contributed by atoms with Crippen LogP contribution in [0.5, 0.6) is 0 Å². The summed E-state index contributed by atoms with van der Waals surface area (Å²) in [4.78, 5) is 34.8. The molecule has 0 unspecified atom stereocenters. The van der Waals surface area contributed by atoms with Crippen LogP contribution in [0.2, 0.25) is 5.02 Å². The first-order chi connectivity index (χ1) is 10.7. The molecule has 2 amide bonds. The molecule has 120 valence electrons. The molecular weight excluding hydrogens is 342 g/mol. The van der Waals surface area contributed by atoms with E-state index in [1.807, 2.05) is 0 Å². The molecule has 0 bridgehead atoms. The molecular formula is C14H12ClN3O4S. The van der Waals surface area contributed by atoms with Gasteiger partial charge in [-0.25, -0.2) is 0 Å². The van der Waals surface area contributed by atoms with Crippen LogP contribution in [0, 0.1) is 24.0 Å². The van der Waals surface area contributed by atoms with Gasteiger partial charge in [0.1, 0.15) is 5.00 Å². The molecule has 0 aliphatic carbocycles. The summed E-state index contributed by atoms with van der Waals surface area (Å²) in [6.07, 6.45) is 0. The lowest BCUT2D eigenvalue weighted by atomic mass is 10.1. The van der Waals surface area contributed by atoms with E-state index in [-0.39, 0.29) is 21.8 Å². The number of nitrogens with two attached hydrogens (primary N) is 1. The van der Waals surface area contributed by atoms with Crippen LogP contribution in [0.15, 0.2) is 18.2 Å². The summed E-state index contributed by atoms with van der Waals surface area (Å²) in [5.41, 5.74) is 6.14. The van der Waals surface area contributed by atoms with Crippen molar-refractivity contribution in [1.29, 1.82) is 0 Å². The van der Waals surface area contributed by atoms with Crippen LogP contribution in [0.25, 0.3) is 0 Å². The van der Waals surface area contributed by atoms with Crippen molar-refractivity contribution in [2.45, 2.75) is 13.8 Å². The average molecular weight is 354 g/mol. The smallest absolute Gasteiger partial charge is 0.270 e. The summed E-state index contributed by atoms with van der Waals surface area (Å²) >= 11 is 7.14. The maximum Gasteiger partial charge on any atom is 0.270 e. The summed E-state index contributed by atoms with van der Waals surface area (Å²) in [6.45, 7) is 3.54. The predicted molar refractivity (Wildman–Crippen MR) is 88.4 cm³/mol. The van der Waals surface area contributed by atoms with E-state index in [1.165, 1.54) is 23.5 Å².